The van der Waals surface area contributed by atoms with Gasteiger partial charge in [0.15, 0.2) is 0 Å². The van der Waals surface area contributed by atoms with E-state index in [1.165, 1.54) is 130 Å². The normalized spacial score (nSPS) is 15.2. The van der Waals surface area contributed by atoms with Crippen LogP contribution in [0.3, 0.4) is 0 Å². The number of fused-ring (bicyclic) bond motifs is 2. The molecule has 346 valence electrons. The number of hydrogen-bond acceptors (Lipinski definition) is 0. The molecule has 0 spiro atoms. The molecule has 0 bridgehead atoms. The molecule has 2 fully saturated rings. The summed E-state index contributed by atoms with van der Waals surface area (Å²) in [6.07, 6.45) is 14.6. The van der Waals surface area contributed by atoms with Crippen molar-refractivity contribution >= 4 is 21.5 Å². The molecule has 0 N–H and O–H groups in total. The predicted octanol–water partition coefficient (Wildman–Crippen LogP) is 12.8. The van der Waals surface area contributed by atoms with Crippen molar-refractivity contribution in [2.24, 2.45) is 0 Å². The monoisotopic (exact) mass is 931 g/mol. The Morgan fingerprint density at radius 2 is 0.719 bits per heavy atom. The van der Waals surface area contributed by atoms with Gasteiger partial charge in [-0.1, -0.05) is 181 Å². The van der Waals surface area contributed by atoms with Crippen molar-refractivity contribution in [3.05, 3.63) is 144 Å². The van der Waals surface area contributed by atoms with E-state index in [0.717, 1.165) is 18.3 Å². The van der Waals surface area contributed by atoms with E-state index in [2.05, 4.69) is 194 Å². The van der Waals surface area contributed by atoms with Gasteiger partial charge < -0.3 is 45.1 Å². The van der Waals surface area contributed by atoms with E-state index in [1.54, 1.807) is 11.1 Å². The van der Waals surface area contributed by atoms with Crippen LogP contribution in [0.4, 0.5) is 0 Å². The van der Waals surface area contributed by atoms with Gasteiger partial charge in [0.05, 0.1) is 0 Å². The summed E-state index contributed by atoms with van der Waals surface area (Å²) < 4.78 is 0. The summed E-state index contributed by atoms with van der Waals surface area (Å²) in [5.74, 6) is 1.52. The molecule has 2 saturated carbocycles. The minimum absolute atomic E-state index is 0. The average Bonchev–Trinajstić information content (AvgIpc) is 3.86. The summed E-state index contributed by atoms with van der Waals surface area (Å²) in [7, 11) is 0. The van der Waals surface area contributed by atoms with Crippen LogP contribution in [0.25, 0.3) is 43.8 Å². The predicted molar refractivity (Wildman–Crippen MR) is 272 cm³/mol. The first-order valence-electron chi connectivity index (χ1n) is 24.0. The van der Waals surface area contributed by atoms with E-state index >= 15 is 0 Å². The van der Waals surface area contributed by atoms with Crippen LogP contribution < -0.4 is 24.8 Å². The molecule has 0 nitrogen and oxygen atoms in total. The van der Waals surface area contributed by atoms with Crippen LogP contribution in [0.1, 0.15) is 199 Å². The molecular weight excluding hydrogens is 851 g/mol. The zero-order chi connectivity index (χ0) is 44.3. The molecule has 0 saturated heterocycles. The second-order valence-electron chi connectivity index (χ2n) is 22.8. The van der Waals surface area contributed by atoms with Crippen LogP contribution in [0.2, 0.25) is 0 Å². The van der Waals surface area contributed by atoms with Crippen LogP contribution in [-0.2, 0) is 43.4 Å². The summed E-state index contributed by atoms with van der Waals surface area (Å²) in [5.41, 5.74) is 14.9. The molecule has 64 heavy (non-hydrogen) atoms. The van der Waals surface area contributed by atoms with Gasteiger partial charge in [-0.05, 0) is 92.6 Å². The SMILES string of the molecule is CC(C)(C)c1cc(-c2cccc3[cH-]c(C4CCCCC4)cc23)cc(C(C)(C)C)c1.CC(C)(C)c1cc(-c2cccc3[cH-]c(C4CCCCC4)cc23)cc(C(C)(C)C)c1.[CH2-]C[CH2-].[Cl-].[Cl-].[Ti+2]. The zero-order valence-electron chi connectivity index (χ0n) is 41.8. The Hall–Kier alpha value is -2.61. The molecule has 0 aliphatic heterocycles. The number of hydrogen-bond donors (Lipinski definition) is 0. The third-order valence-corrected chi connectivity index (χ3v) is 13.7. The molecule has 8 rings (SSSR count). The Balaban J connectivity index is 0.000000307. The van der Waals surface area contributed by atoms with E-state index in [0.29, 0.717) is 0 Å². The van der Waals surface area contributed by atoms with Gasteiger partial charge in [-0.25, -0.2) is 0 Å². The topological polar surface area (TPSA) is 0 Å². The van der Waals surface area contributed by atoms with E-state index in [9.17, 15) is 0 Å². The van der Waals surface area contributed by atoms with Gasteiger partial charge in [-0.15, -0.1) is 69.1 Å². The second-order valence-corrected chi connectivity index (χ2v) is 22.8. The molecule has 2 aliphatic rings. The van der Waals surface area contributed by atoms with Gasteiger partial charge in [-0.2, -0.15) is 12.1 Å². The van der Waals surface area contributed by atoms with Gasteiger partial charge in [0.2, 0.25) is 0 Å². The molecule has 0 unspecified atom stereocenters. The van der Waals surface area contributed by atoms with Crippen LogP contribution in [0.5, 0.6) is 0 Å². The third kappa shape index (κ3) is 13.7. The Labute approximate surface area is 419 Å². The average molecular weight is 932 g/mol. The minimum Gasteiger partial charge on any atom is -1.00 e. The molecule has 6 aromatic carbocycles. The Morgan fingerprint density at radius 1 is 0.438 bits per heavy atom. The number of halogens is 2. The third-order valence-electron chi connectivity index (χ3n) is 13.7. The summed E-state index contributed by atoms with van der Waals surface area (Å²) >= 11 is 0. The summed E-state index contributed by atoms with van der Waals surface area (Å²) in [5, 5.41) is 5.67. The fraction of sp³-hybridized carbons (Fsp3) is 0.475. The van der Waals surface area contributed by atoms with Crippen LogP contribution in [-0.4, -0.2) is 0 Å². The maximum atomic E-state index is 3.38. The Kier molecular flexibility index (Phi) is 20.0. The molecule has 6 aromatic rings. The van der Waals surface area contributed by atoms with Gasteiger partial charge in [-0.3, -0.25) is 0 Å². The van der Waals surface area contributed by atoms with Gasteiger partial charge in [0.1, 0.15) is 0 Å². The van der Waals surface area contributed by atoms with Crippen molar-refractivity contribution in [1.82, 2.24) is 0 Å². The van der Waals surface area contributed by atoms with Gasteiger partial charge in [0.25, 0.3) is 0 Å². The van der Waals surface area contributed by atoms with E-state index in [1.807, 2.05) is 0 Å². The largest absolute Gasteiger partial charge is 2.00 e. The summed E-state index contributed by atoms with van der Waals surface area (Å²) in [4.78, 5) is 0. The first-order valence-corrected chi connectivity index (χ1v) is 24.0. The summed E-state index contributed by atoms with van der Waals surface area (Å²) in [6.45, 7) is 34.6. The van der Waals surface area contributed by atoms with E-state index < -0.39 is 0 Å². The standard InChI is InChI=1S/2C29H37.C3H6.2ClH.Ti/c2*1-28(2,3)24-16-23(17-25(19-24)29(4,5)6)26-14-10-13-21-15-22(18-27(21)26)20-11-8-7-9-12-20;1-3-2;;;/h2*10,13-20H,7-9,11-12H2,1-6H3;1-3H2;2*1H;/q2*-1;-2;;;+2/p-2. The van der Waals surface area contributed by atoms with Gasteiger partial charge in [0, 0.05) is 0 Å². The number of benzene rings is 4. The Bertz CT molecular complexity index is 2130. The molecular formula is C61H80Cl2Ti-4. The summed E-state index contributed by atoms with van der Waals surface area (Å²) in [6, 6.07) is 38.2. The van der Waals surface area contributed by atoms with Crippen LogP contribution in [0.15, 0.2) is 97.1 Å². The van der Waals surface area contributed by atoms with Crippen molar-refractivity contribution in [2.75, 3.05) is 0 Å². The number of rotatable bonds is 4. The van der Waals surface area contributed by atoms with Crippen molar-refractivity contribution < 1.29 is 46.5 Å². The van der Waals surface area contributed by atoms with Crippen molar-refractivity contribution in [3.63, 3.8) is 0 Å². The molecule has 0 atom stereocenters. The van der Waals surface area contributed by atoms with E-state index in [-0.39, 0.29) is 68.2 Å². The first-order chi connectivity index (χ1) is 28.7. The minimum atomic E-state index is 0. The van der Waals surface area contributed by atoms with Crippen LogP contribution in [0, 0.1) is 13.8 Å². The van der Waals surface area contributed by atoms with E-state index in [4.69, 9.17) is 0 Å². The quantitative estimate of drug-likeness (QED) is 0.122. The maximum absolute atomic E-state index is 3.38. The second kappa shape index (κ2) is 22.9. The van der Waals surface area contributed by atoms with Crippen molar-refractivity contribution in [2.45, 2.75) is 187 Å². The van der Waals surface area contributed by atoms with Crippen molar-refractivity contribution in [1.29, 1.82) is 0 Å². The van der Waals surface area contributed by atoms with Gasteiger partial charge >= 0.3 is 21.7 Å². The fourth-order valence-corrected chi connectivity index (χ4v) is 9.66. The van der Waals surface area contributed by atoms with Crippen molar-refractivity contribution in [3.8, 4) is 22.3 Å². The molecule has 0 radical (unpaired) electrons. The molecule has 0 heterocycles. The molecule has 3 heteroatoms. The van der Waals surface area contributed by atoms with Crippen LogP contribution >= 0.6 is 0 Å². The maximum Gasteiger partial charge on any atom is 2.00 e. The molecule has 2 aliphatic carbocycles. The molecule has 0 amide bonds. The Morgan fingerprint density at radius 3 is 0.984 bits per heavy atom. The zero-order valence-corrected chi connectivity index (χ0v) is 44.9. The fourth-order valence-electron chi connectivity index (χ4n) is 9.66. The first kappa shape index (κ1) is 55.7. The molecule has 0 aromatic heterocycles. The smallest absolute Gasteiger partial charge is 1.00 e.